The molecule has 0 atom stereocenters. The molecule has 1 saturated heterocycles. The lowest BCUT2D eigenvalue weighted by Gasteiger charge is -2.35. The molecule has 1 saturated carbocycles. The van der Waals surface area contributed by atoms with Crippen molar-refractivity contribution in [3.8, 4) is 5.75 Å². The molecule has 6 heteroatoms. The number of nitrogens with zero attached hydrogens (tertiary/aromatic N) is 2. The summed E-state index contributed by atoms with van der Waals surface area (Å²) in [5, 5.41) is 0. The lowest BCUT2D eigenvalue weighted by Crippen LogP contribution is -2.42. The van der Waals surface area contributed by atoms with E-state index in [0.717, 1.165) is 43.1 Å². The van der Waals surface area contributed by atoms with E-state index in [9.17, 15) is 9.59 Å². The number of carbonyl (C=O) groups is 1. The van der Waals surface area contributed by atoms with Gasteiger partial charge in [0.05, 0.1) is 10.6 Å². The minimum atomic E-state index is -0.206. The third-order valence-electron chi connectivity index (χ3n) is 5.34. The average molecular weight is 397 g/mol. The number of pyridine rings is 1. The number of amides is 1. The van der Waals surface area contributed by atoms with Crippen LogP contribution in [0.1, 0.15) is 46.0 Å². The molecule has 1 aliphatic heterocycles. The summed E-state index contributed by atoms with van der Waals surface area (Å²) in [5.41, 5.74) is -0.283. The van der Waals surface area contributed by atoms with Gasteiger partial charge in [-0.05, 0) is 48.0 Å². The highest BCUT2D eigenvalue weighted by molar-refractivity contribution is 9.10. The Morgan fingerprint density at radius 3 is 2.46 bits per heavy atom. The standard InChI is InChI=1S/C18H25BrN2O3/c1-18(2)8-9-21(17(18)23)12-4-6-13(7-5-12)24-15-10-16(22)20(3)11-14(15)19/h10-13H,4-9H2,1-3H3. The van der Waals surface area contributed by atoms with Gasteiger partial charge < -0.3 is 14.2 Å². The van der Waals surface area contributed by atoms with Gasteiger partial charge >= 0.3 is 0 Å². The fraction of sp³-hybridized carbons (Fsp3) is 0.667. The maximum Gasteiger partial charge on any atom is 0.254 e. The molecule has 1 amide bonds. The van der Waals surface area contributed by atoms with E-state index >= 15 is 0 Å². The molecule has 2 heterocycles. The summed E-state index contributed by atoms with van der Waals surface area (Å²) in [7, 11) is 1.72. The van der Waals surface area contributed by atoms with Gasteiger partial charge in [0.15, 0.2) is 0 Å². The van der Waals surface area contributed by atoms with E-state index in [4.69, 9.17) is 4.74 Å². The summed E-state index contributed by atoms with van der Waals surface area (Å²) in [4.78, 5) is 26.3. The minimum Gasteiger partial charge on any atom is -0.489 e. The molecule has 1 aromatic rings. The zero-order valence-electron chi connectivity index (χ0n) is 14.5. The Morgan fingerprint density at radius 2 is 1.88 bits per heavy atom. The Hall–Kier alpha value is -1.30. The van der Waals surface area contributed by atoms with Crippen molar-refractivity contribution in [3.63, 3.8) is 0 Å². The predicted molar refractivity (Wildman–Crippen MR) is 96.2 cm³/mol. The smallest absolute Gasteiger partial charge is 0.254 e. The molecule has 0 aromatic carbocycles. The second-order valence-electron chi connectivity index (χ2n) is 7.62. The first-order valence-electron chi connectivity index (χ1n) is 8.62. The first-order valence-corrected chi connectivity index (χ1v) is 9.41. The maximum absolute atomic E-state index is 12.5. The molecule has 24 heavy (non-hydrogen) atoms. The molecular weight excluding hydrogens is 372 g/mol. The topological polar surface area (TPSA) is 51.5 Å². The van der Waals surface area contributed by atoms with Crippen molar-refractivity contribution < 1.29 is 9.53 Å². The van der Waals surface area contributed by atoms with E-state index in [1.807, 2.05) is 13.8 Å². The summed E-state index contributed by atoms with van der Waals surface area (Å²) in [6, 6.07) is 1.87. The monoisotopic (exact) mass is 396 g/mol. The van der Waals surface area contributed by atoms with E-state index in [1.165, 1.54) is 10.6 Å². The molecule has 0 spiro atoms. The third-order valence-corrected chi connectivity index (χ3v) is 5.94. The van der Waals surface area contributed by atoms with Gasteiger partial charge in [-0.2, -0.15) is 0 Å². The van der Waals surface area contributed by atoms with Crippen LogP contribution in [0.15, 0.2) is 21.5 Å². The Bertz CT molecular complexity index is 690. The van der Waals surface area contributed by atoms with E-state index < -0.39 is 0 Å². The fourth-order valence-corrected chi connectivity index (χ4v) is 4.19. The van der Waals surface area contributed by atoms with Crippen molar-refractivity contribution >= 4 is 21.8 Å². The largest absolute Gasteiger partial charge is 0.489 e. The SMILES string of the molecule is Cn1cc(Br)c(OC2CCC(N3CCC(C)(C)C3=O)CC2)cc1=O. The van der Waals surface area contributed by atoms with Crippen molar-refractivity contribution in [2.24, 2.45) is 12.5 Å². The van der Waals surface area contributed by atoms with Gasteiger partial charge in [-0.15, -0.1) is 0 Å². The molecule has 0 unspecified atom stereocenters. The molecule has 3 rings (SSSR count). The molecule has 2 aliphatic rings. The van der Waals surface area contributed by atoms with Crippen LogP contribution in [0.3, 0.4) is 0 Å². The van der Waals surface area contributed by atoms with E-state index in [2.05, 4.69) is 20.8 Å². The minimum absolute atomic E-state index is 0.0771. The predicted octanol–water partition coefficient (Wildman–Crippen LogP) is 3.10. The normalized spacial score (nSPS) is 26.7. The second kappa shape index (κ2) is 6.54. The number of rotatable bonds is 3. The van der Waals surface area contributed by atoms with Gasteiger partial charge in [-0.25, -0.2) is 0 Å². The van der Waals surface area contributed by atoms with Crippen LogP contribution < -0.4 is 10.3 Å². The van der Waals surface area contributed by atoms with Crippen molar-refractivity contribution in [2.45, 2.75) is 58.1 Å². The lowest BCUT2D eigenvalue weighted by atomic mass is 9.90. The molecule has 0 N–H and O–H groups in total. The number of ether oxygens (including phenoxy) is 1. The Morgan fingerprint density at radius 1 is 1.21 bits per heavy atom. The molecular formula is C18H25BrN2O3. The molecule has 1 aromatic heterocycles. The van der Waals surface area contributed by atoms with Gasteiger partial charge in [0.2, 0.25) is 5.91 Å². The third kappa shape index (κ3) is 3.39. The highest BCUT2D eigenvalue weighted by atomic mass is 79.9. The number of aryl methyl sites for hydroxylation is 1. The van der Waals surface area contributed by atoms with Crippen LogP contribution in [0.4, 0.5) is 0 Å². The highest BCUT2D eigenvalue weighted by Gasteiger charge is 2.42. The number of carbonyl (C=O) groups excluding carboxylic acids is 1. The summed E-state index contributed by atoms with van der Waals surface area (Å²) in [5.74, 6) is 0.904. The van der Waals surface area contributed by atoms with Crippen LogP contribution in [0, 0.1) is 5.41 Å². The van der Waals surface area contributed by atoms with E-state index in [1.54, 1.807) is 13.2 Å². The number of halogens is 1. The van der Waals surface area contributed by atoms with Crippen molar-refractivity contribution in [1.29, 1.82) is 0 Å². The van der Waals surface area contributed by atoms with Gasteiger partial charge in [0.1, 0.15) is 5.75 Å². The van der Waals surface area contributed by atoms with Crippen LogP contribution in [0.25, 0.3) is 0 Å². The summed E-state index contributed by atoms with van der Waals surface area (Å²) < 4.78 is 8.35. The van der Waals surface area contributed by atoms with Crippen LogP contribution in [-0.2, 0) is 11.8 Å². The van der Waals surface area contributed by atoms with E-state index in [-0.39, 0.29) is 17.1 Å². The maximum atomic E-state index is 12.5. The zero-order chi connectivity index (χ0) is 17.5. The van der Waals surface area contributed by atoms with Gasteiger partial charge in [-0.3, -0.25) is 9.59 Å². The van der Waals surface area contributed by atoms with E-state index in [0.29, 0.717) is 17.7 Å². The molecule has 132 valence electrons. The molecule has 2 fully saturated rings. The van der Waals surface area contributed by atoms with Crippen LogP contribution in [0.2, 0.25) is 0 Å². The number of likely N-dealkylation sites (tertiary alicyclic amines) is 1. The molecule has 0 bridgehead atoms. The number of hydrogen-bond acceptors (Lipinski definition) is 3. The first-order chi connectivity index (χ1) is 11.3. The summed E-state index contributed by atoms with van der Waals surface area (Å²) in [6.07, 6.45) is 6.55. The highest BCUT2D eigenvalue weighted by Crippen LogP contribution is 2.36. The Labute approximate surface area is 151 Å². The zero-order valence-corrected chi connectivity index (χ0v) is 16.1. The quantitative estimate of drug-likeness (QED) is 0.788. The van der Waals surface area contributed by atoms with Gasteiger partial charge in [-0.1, -0.05) is 13.8 Å². The lowest BCUT2D eigenvalue weighted by molar-refractivity contribution is -0.137. The average Bonchev–Trinajstić information content (AvgIpc) is 2.80. The summed E-state index contributed by atoms with van der Waals surface area (Å²) >= 11 is 3.46. The van der Waals surface area contributed by atoms with Crippen molar-refractivity contribution in [2.75, 3.05) is 6.54 Å². The Kier molecular flexibility index (Phi) is 4.78. The van der Waals surface area contributed by atoms with Crippen LogP contribution in [-0.4, -0.2) is 34.1 Å². The van der Waals surface area contributed by atoms with Crippen LogP contribution in [0.5, 0.6) is 5.75 Å². The van der Waals surface area contributed by atoms with Crippen molar-refractivity contribution in [1.82, 2.24) is 9.47 Å². The van der Waals surface area contributed by atoms with Crippen molar-refractivity contribution in [3.05, 3.63) is 27.1 Å². The van der Waals surface area contributed by atoms with Gasteiger partial charge in [0.25, 0.3) is 5.56 Å². The number of hydrogen-bond donors (Lipinski definition) is 0. The first kappa shape index (κ1) is 17.5. The summed E-state index contributed by atoms with van der Waals surface area (Å²) in [6.45, 7) is 4.96. The van der Waals surface area contributed by atoms with Gasteiger partial charge in [0, 0.05) is 37.3 Å². The Balaban J connectivity index is 1.59. The molecule has 0 radical (unpaired) electrons. The second-order valence-corrected chi connectivity index (χ2v) is 8.47. The molecule has 1 aliphatic carbocycles. The van der Waals surface area contributed by atoms with Crippen LogP contribution >= 0.6 is 15.9 Å². The number of aromatic nitrogens is 1. The fourth-order valence-electron chi connectivity index (χ4n) is 3.67. The molecule has 5 nitrogen and oxygen atoms in total.